The number of benzene rings is 1. The highest BCUT2D eigenvalue weighted by atomic mass is 32.1. The first-order valence-corrected chi connectivity index (χ1v) is 9.27. The first-order valence-electron chi connectivity index (χ1n) is 8.39. The van der Waals surface area contributed by atoms with Crippen LogP contribution in [0.5, 0.6) is 0 Å². The number of thiophene rings is 1. The molecule has 1 aliphatic rings. The van der Waals surface area contributed by atoms with Crippen molar-refractivity contribution in [2.75, 3.05) is 31.5 Å². The third kappa shape index (κ3) is 4.14. The average Bonchev–Trinajstić information content (AvgIpc) is 3.22. The van der Waals surface area contributed by atoms with Crippen molar-refractivity contribution in [2.24, 2.45) is 0 Å². The van der Waals surface area contributed by atoms with Crippen LogP contribution in [0.1, 0.15) is 16.6 Å². The van der Waals surface area contributed by atoms with Crippen molar-refractivity contribution in [2.45, 2.75) is 13.0 Å². The molecule has 2 amide bonds. The van der Waals surface area contributed by atoms with Gasteiger partial charge in [0.05, 0.1) is 16.6 Å². The summed E-state index contributed by atoms with van der Waals surface area (Å²) < 4.78 is 40.0. The normalized spacial score (nSPS) is 16.2. The SMILES string of the molecule is CC(C(=O)Nc1ccc(F)c(F)c1F)N1CCN(C(=O)c2cccs2)CC1. The van der Waals surface area contributed by atoms with Crippen molar-refractivity contribution in [3.8, 4) is 0 Å². The van der Waals surface area contributed by atoms with Gasteiger partial charge in [0.25, 0.3) is 5.91 Å². The second-order valence-electron chi connectivity index (χ2n) is 6.19. The van der Waals surface area contributed by atoms with Gasteiger partial charge in [0.2, 0.25) is 5.91 Å². The number of hydrogen-bond acceptors (Lipinski definition) is 4. The van der Waals surface area contributed by atoms with Crippen LogP contribution in [-0.4, -0.2) is 53.8 Å². The van der Waals surface area contributed by atoms with E-state index in [4.69, 9.17) is 0 Å². The zero-order valence-corrected chi connectivity index (χ0v) is 15.4. The van der Waals surface area contributed by atoms with Crippen LogP contribution in [0.3, 0.4) is 0 Å². The van der Waals surface area contributed by atoms with Crippen LogP contribution in [0.4, 0.5) is 18.9 Å². The third-order valence-corrected chi connectivity index (χ3v) is 5.41. The topological polar surface area (TPSA) is 52.7 Å². The van der Waals surface area contributed by atoms with Crippen molar-refractivity contribution in [1.82, 2.24) is 9.80 Å². The molecule has 1 fully saturated rings. The maximum absolute atomic E-state index is 13.7. The van der Waals surface area contributed by atoms with Gasteiger partial charge in [0, 0.05) is 26.2 Å². The molecule has 27 heavy (non-hydrogen) atoms. The Balaban J connectivity index is 1.57. The largest absolute Gasteiger partial charge is 0.335 e. The van der Waals surface area contributed by atoms with E-state index >= 15 is 0 Å². The summed E-state index contributed by atoms with van der Waals surface area (Å²) in [5.41, 5.74) is -0.405. The Bertz CT molecular complexity index is 837. The van der Waals surface area contributed by atoms with Crippen LogP contribution in [0.2, 0.25) is 0 Å². The van der Waals surface area contributed by atoms with Crippen LogP contribution < -0.4 is 5.32 Å². The van der Waals surface area contributed by atoms with Gasteiger partial charge in [-0.1, -0.05) is 6.07 Å². The van der Waals surface area contributed by atoms with Crippen molar-refractivity contribution in [3.63, 3.8) is 0 Å². The Morgan fingerprint density at radius 3 is 2.41 bits per heavy atom. The summed E-state index contributed by atoms with van der Waals surface area (Å²) in [5.74, 6) is -4.93. The van der Waals surface area contributed by atoms with Crippen LogP contribution in [0.15, 0.2) is 29.6 Å². The molecule has 1 aromatic heterocycles. The monoisotopic (exact) mass is 397 g/mol. The molecule has 1 aromatic carbocycles. The first-order chi connectivity index (χ1) is 12.9. The summed E-state index contributed by atoms with van der Waals surface area (Å²) in [6, 6.07) is 4.71. The Kier molecular flexibility index (Phi) is 5.81. The van der Waals surface area contributed by atoms with Crippen molar-refractivity contribution in [1.29, 1.82) is 0 Å². The number of nitrogens with one attached hydrogen (secondary N) is 1. The molecule has 5 nitrogen and oxygen atoms in total. The fraction of sp³-hybridized carbons (Fsp3) is 0.333. The summed E-state index contributed by atoms with van der Waals surface area (Å²) in [5, 5.41) is 4.13. The van der Waals surface area contributed by atoms with Crippen LogP contribution in [-0.2, 0) is 4.79 Å². The quantitative estimate of drug-likeness (QED) is 0.808. The molecule has 1 atom stereocenters. The Morgan fingerprint density at radius 1 is 1.07 bits per heavy atom. The average molecular weight is 397 g/mol. The van der Waals surface area contributed by atoms with Gasteiger partial charge in [0.15, 0.2) is 17.5 Å². The van der Waals surface area contributed by atoms with E-state index in [2.05, 4.69) is 5.32 Å². The van der Waals surface area contributed by atoms with E-state index in [9.17, 15) is 22.8 Å². The molecule has 0 saturated carbocycles. The standard InChI is InChI=1S/C18H18F3N3O2S/c1-11(17(25)22-13-5-4-12(19)15(20)16(13)21)23-6-8-24(9-7-23)18(26)14-3-2-10-27-14/h2-5,10-11H,6-9H2,1H3,(H,22,25). The molecule has 3 rings (SSSR count). The van der Waals surface area contributed by atoms with Gasteiger partial charge in [-0.2, -0.15) is 0 Å². The number of hydrogen-bond donors (Lipinski definition) is 1. The maximum Gasteiger partial charge on any atom is 0.264 e. The number of halogens is 3. The predicted octanol–water partition coefficient (Wildman–Crippen LogP) is 2.95. The molecule has 0 bridgehead atoms. The zero-order valence-electron chi connectivity index (χ0n) is 14.5. The van der Waals surface area contributed by atoms with Crippen LogP contribution >= 0.6 is 11.3 Å². The minimum absolute atomic E-state index is 0.0365. The fourth-order valence-corrected chi connectivity index (χ4v) is 3.58. The van der Waals surface area contributed by atoms with E-state index in [0.29, 0.717) is 31.1 Å². The molecular weight excluding hydrogens is 379 g/mol. The van der Waals surface area contributed by atoms with E-state index < -0.39 is 35.1 Å². The van der Waals surface area contributed by atoms with Gasteiger partial charge >= 0.3 is 0 Å². The summed E-state index contributed by atoms with van der Waals surface area (Å²) >= 11 is 1.38. The van der Waals surface area contributed by atoms with Crippen LogP contribution in [0.25, 0.3) is 0 Å². The maximum atomic E-state index is 13.7. The van der Waals surface area contributed by atoms with Crippen molar-refractivity contribution in [3.05, 3.63) is 52.0 Å². The molecule has 1 aliphatic heterocycles. The smallest absolute Gasteiger partial charge is 0.264 e. The van der Waals surface area contributed by atoms with Crippen molar-refractivity contribution >= 4 is 28.8 Å². The summed E-state index contributed by atoms with van der Waals surface area (Å²) in [7, 11) is 0. The van der Waals surface area contributed by atoms with E-state index in [1.807, 2.05) is 16.3 Å². The molecule has 1 saturated heterocycles. The lowest BCUT2D eigenvalue weighted by Gasteiger charge is -2.37. The molecule has 2 aromatic rings. The second kappa shape index (κ2) is 8.10. The zero-order chi connectivity index (χ0) is 19.6. The number of anilines is 1. The molecule has 1 unspecified atom stereocenters. The van der Waals surface area contributed by atoms with Gasteiger partial charge in [-0.05, 0) is 30.5 Å². The number of rotatable bonds is 4. The molecule has 144 valence electrons. The molecule has 0 spiro atoms. The summed E-state index contributed by atoms with van der Waals surface area (Å²) in [6.07, 6.45) is 0. The van der Waals surface area contributed by atoms with Gasteiger partial charge in [-0.25, -0.2) is 13.2 Å². The molecule has 9 heteroatoms. The number of nitrogens with zero attached hydrogens (tertiary/aromatic N) is 2. The molecule has 0 aliphatic carbocycles. The van der Waals surface area contributed by atoms with Gasteiger partial charge in [-0.3, -0.25) is 14.5 Å². The third-order valence-electron chi connectivity index (χ3n) is 4.55. The number of carbonyl (C=O) groups excluding carboxylic acids is 2. The number of piperazine rings is 1. The highest BCUT2D eigenvalue weighted by Gasteiger charge is 2.29. The summed E-state index contributed by atoms with van der Waals surface area (Å²) in [4.78, 5) is 28.9. The fourth-order valence-electron chi connectivity index (χ4n) is 2.89. The van der Waals surface area contributed by atoms with E-state index in [0.717, 1.165) is 12.1 Å². The molecule has 0 radical (unpaired) electrons. The van der Waals surface area contributed by atoms with E-state index in [1.165, 1.54) is 11.3 Å². The molecule has 2 heterocycles. The van der Waals surface area contributed by atoms with E-state index in [1.54, 1.807) is 17.9 Å². The highest BCUT2D eigenvalue weighted by Crippen LogP contribution is 2.20. The minimum Gasteiger partial charge on any atom is -0.335 e. The number of carbonyl (C=O) groups is 2. The highest BCUT2D eigenvalue weighted by molar-refractivity contribution is 7.12. The number of amides is 2. The second-order valence-corrected chi connectivity index (χ2v) is 7.14. The molecule has 1 N–H and O–H groups in total. The summed E-state index contributed by atoms with van der Waals surface area (Å²) in [6.45, 7) is 3.53. The minimum atomic E-state index is -1.62. The Labute approximate surface area is 158 Å². The lowest BCUT2D eigenvalue weighted by Crippen LogP contribution is -2.54. The van der Waals surface area contributed by atoms with Crippen molar-refractivity contribution < 1.29 is 22.8 Å². The molecular formula is C18H18F3N3O2S. The van der Waals surface area contributed by atoms with Crippen LogP contribution in [0, 0.1) is 17.5 Å². The van der Waals surface area contributed by atoms with E-state index in [-0.39, 0.29) is 5.91 Å². The Morgan fingerprint density at radius 2 is 1.78 bits per heavy atom. The first kappa shape index (κ1) is 19.4. The lowest BCUT2D eigenvalue weighted by atomic mass is 10.2. The predicted molar refractivity (Wildman–Crippen MR) is 96.2 cm³/mol. The van der Waals surface area contributed by atoms with Gasteiger partial charge < -0.3 is 10.2 Å². The van der Waals surface area contributed by atoms with Gasteiger partial charge in [0.1, 0.15) is 0 Å². The lowest BCUT2D eigenvalue weighted by molar-refractivity contribution is -0.121. The van der Waals surface area contributed by atoms with Gasteiger partial charge in [-0.15, -0.1) is 11.3 Å². The Hall–Kier alpha value is -2.39.